The van der Waals surface area contributed by atoms with Gasteiger partial charge >= 0.3 is 5.97 Å². The van der Waals surface area contributed by atoms with Crippen LogP contribution >= 0.6 is 15.9 Å². The molecular weight excluding hydrogens is 754 g/mol. The van der Waals surface area contributed by atoms with E-state index in [0.29, 0.717) is 24.1 Å². The van der Waals surface area contributed by atoms with Crippen molar-refractivity contribution in [2.24, 2.45) is 17.8 Å². The number of hydrogen-bond acceptors (Lipinski definition) is 8. The molecule has 3 aliphatic rings. The van der Waals surface area contributed by atoms with Gasteiger partial charge in [-0.2, -0.15) is 0 Å². The molecule has 11 nitrogen and oxygen atoms in total. The molecule has 292 valence electrons. The molecule has 2 N–H and O–H groups in total. The molecular formula is C42H54BrN3O8. The summed E-state index contributed by atoms with van der Waals surface area (Å²) in [6.45, 7) is 15.3. The molecule has 0 radical (unpaired) electrons. The Morgan fingerprint density at radius 2 is 1.80 bits per heavy atom. The van der Waals surface area contributed by atoms with Crippen molar-refractivity contribution in [2.75, 3.05) is 31.8 Å². The highest BCUT2D eigenvalue weighted by molar-refractivity contribution is 9.09. The maximum absolute atomic E-state index is 15.2. The Morgan fingerprint density at radius 3 is 2.39 bits per heavy atom. The number of fused-ring (bicyclic) bond motifs is 1. The lowest BCUT2D eigenvalue weighted by Gasteiger charge is -2.40. The number of nitrogens with one attached hydrogen (secondary N) is 1. The van der Waals surface area contributed by atoms with E-state index in [9.17, 15) is 14.7 Å². The minimum absolute atomic E-state index is 0.0415. The fraction of sp³-hybridized carbons (Fsp3) is 0.524. The van der Waals surface area contributed by atoms with Gasteiger partial charge in [-0.15, -0.1) is 13.2 Å². The number of ether oxygens (including phenoxy) is 3. The molecule has 0 saturated carbocycles. The maximum Gasteiger partial charge on any atom is 0.313 e. The van der Waals surface area contributed by atoms with Crippen molar-refractivity contribution in [3.05, 3.63) is 90.5 Å². The zero-order valence-electron chi connectivity index (χ0n) is 31.9. The first-order chi connectivity index (χ1) is 25.8. The van der Waals surface area contributed by atoms with Crippen molar-refractivity contribution in [1.29, 1.82) is 0 Å². The molecule has 3 fully saturated rings. The highest BCUT2D eigenvalue weighted by atomic mass is 79.9. The van der Waals surface area contributed by atoms with E-state index in [4.69, 9.17) is 14.2 Å². The number of alkyl halides is 1. The molecule has 9 atom stereocenters. The molecule has 1 unspecified atom stereocenters. The predicted octanol–water partition coefficient (Wildman–Crippen LogP) is 5.36. The minimum atomic E-state index is -1.40. The van der Waals surface area contributed by atoms with Gasteiger partial charge in [0.2, 0.25) is 11.8 Å². The van der Waals surface area contributed by atoms with Crippen molar-refractivity contribution >= 4 is 45.3 Å². The predicted molar refractivity (Wildman–Crippen MR) is 210 cm³/mol. The molecule has 5 rings (SSSR count). The van der Waals surface area contributed by atoms with Gasteiger partial charge in [0.1, 0.15) is 17.7 Å². The highest BCUT2D eigenvalue weighted by Gasteiger charge is 2.77. The first-order valence-electron chi connectivity index (χ1n) is 18.7. The largest absolute Gasteiger partial charge is 0.455 e. The Labute approximate surface area is 327 Å². The summed E-state index contributed by atoms with van der Waals surface area (Å²) in [7, 11) is 1.50. The molecule has 0 aromatic heterocycles. The Balaban J connectivity index is 1.59. The summed E-state index contributed by atoms with van der Waals surface area (Å²) in [4.78, 5) is 60.7. The molecule has 3 saturated heterocycles. The summed E-state index contributed by atoms with van der Waals surface area (Å²) in [6, 6.07) is 12.2. The van der Waals surface area contributed by atoms with E-state index in [2.05, 4.69) is 34.4 Å². The zero-order valence-corrected chi connectivity index (χ0v) is 33.5. The summed E-state index contributed by atoms with van der Waals surface area (Å²) in [5.74, 6) is -3.82. The Kier molecular flexibility index (Phi) is 13.6. The number of rotatable bonds is 18. The summed E-state index contributed by atoms with van der Waals surface area (Å²) in [5, 5.41) is 13.8. The van der Waals surface area contributed by atoms with Gasteiger partial charge in [-0.1, -0.05) is 90.5 Å². The number of aliphatic hydroxyl groups excluding tert-OH is 1. The van der Waals surface area contributed by atoms with E-state index in [0.717, 1.165) is 11.1 Å². The summed E-state index contributed by atoms with van der Waals surface area (Å²) in [6.07, 6.45) is 2.92. The second-order valence-electron chi connectivity index (χ2n) is 15.1. The average molecular weight is 809 g/mol. The quantitative estimate of drug-likeness (QED) is 0.117. The van der Waals surface area contributed by atoms with Gasteiger partial charge in [0.15, 0.2) is 0 Å². The second kappa shape index (κ2) is 17.7. The third-order valence-corrected chi connectivity index (χ3v) is 11.7. The second-order valence-corrected chi connectivity index (χ2v) is 16.3. The van der Waals surface area contributed by atoms with Gasteiger partial charge in [0.25, 0.3) is 5.91 Å². The summed E-state index contributed by atoms with van der Waals surface area (Å²) in [5.41, 5.74) is 1.69. The van der Waals surface area contributed by atoms with Gasteiger partial charge in [-0.3, -0.25) is 19.2 Å². The first-order valence-corrected chi connectivity index (χ1v) is 19.6. The number of esters is 1. The van der Waals surface area contributed by atoms with E-state index in [-0.39, 0.29) is 55.2 Å². The van der Waals surface area contributed by atoms with Gasteiger partial charge in [-0.25, -0.2) is 0 Å². The summed E-state index contributed by atoms with van der Waals surface area (Å²) >= 11 is 3.77. The monoisotopic (exact) mass is 807 g/mol. The van der Waals surface area contributed by atoms with Gasteiger partial charge in [0, 0.05) is 30.6 Å². The van der Waals surface area contributed by atoms with Crippen molar-refractivity contribution in [1.82, 2.24) is 10.2 Å². The Morgan fingerprint density at radius 1 is 1.11 bits per heavy atom. The molecule has 54 heavy (non-hydrogen) atoms. The van der Waals surface area contributed by atoms with Crippen LogP contribution < -0.4 is 10.2 Å². The van der Waals surface area contributed by atoms with Crippen LogP contribution in [0.1, 0.15) is 62.3 Å². The maximum atomic E-state index is 15.2. The van der Waals surface area contributed by atoms with Gasteiger partial charge in [0.05, 0.1) is 43.2 Å². The van der Waals surface area contributed by atoms with Crippen molar-refractivity contribution in [3.8, 4) is 0 Å². The van der Waals surface area contributed by atoms with E-state index in [1.54, 1.807) is 29.2 Å². The molecule has 2 aromatic rings. The van der Waals surface area contributed by atoms with Crippen LogP contribution in [-0.4, -0.2) is 95.2 Å². The van der Waals surface area contributed by atoms with Crippen LogP contribution in [0.15, 0.2) is 73.8 Å². The Hall–Kier alpha value is -3.84. The van der Waals surface area contributed by atoms with Crippen LogP contribution in [0.4, 0.5) is 5.69 Å². The van der Waals surface area contributed by atoms with Crippen LogP contribution in [0.5, 0.6) is 0 Å². The molecule has 2 aromatic carbocycles. The van der Waals surface area contributed by atoms with E-state index in [1.807, 2.05) is 64.1 Å². The number of allylic oxidation sites excluding steroid dienone is 1. The third kappa shape index (κ3) is 7.94. The summed E-state index contributed by atoms with van der Waals surface area (Å²) < 4.78 is 18.7. The number of benzene rings is 2. The zero-order chi connectivity index (χ0) is 39.3. The van der Waals surface area contributed by atoms with Crippen molar-refractivity contribution in [2.45, 2.75) is 94.1 Å². The normalized spacial score (nSPS) is 25.9. The SMILES string of the molecule is C=CCCC(=O)N[C@@H](COC)[C@@H](OC(=O)[C@@H]1[C@H]2O[C@@]3(CC2Br)[C@H](C(=O)N(CC=C)c2c(C)cccc2C)N([C@@H](CO)CC(C)C)C(=O)[C@@H]13)c1ccccc1. The van der Waals surface area contributed by atoms with Crippen LogP contribution in [0.3, 0.4) is 0 Å². The highest BCUT2D eigenvalue weighted by Crippen LogP contribution is 2.61. The number of para-hydroxylation sites is 1. The fourth-order valence-electron chi connectivity index (χ4n) is 8.75. The molecule has 3 aliphatic heterocycles. The molecule has 12 heteroatoms. The number of aryl methyl sites for hydroxylation is 2. The fourth-order valence-corrected chi connectivity index (χ4v) is 9.70. The number of nitrogens with zero attached hydrogens (tertiary/aromatic N) is 2. The number of aliphatic hydroxyl groups is 1. The molecule has 3 heterocycles. The smallest absolute Gasteiger partial charge is 0.313 e. The number of methoxy groups -OCH3 is 1. The van der Waals surface area contributed by atoms with Gasteiger partial charge < -0.3 is 34.4 Å². The van der Waals surface area contributed by atoms with Crippen molar-refractivity contribution in [3.63, 3.8) is 0 Å². The minimum Gasteiger partial charge on any atom is -0.455 e. The van der Waals surface area contributed by atoms with Crippen LogP contribution in [0.2, 0.25) is 0 Å². The number of amides is 3. The van der Waals surface area contributed by atoms with E-state index < -0.39 is 59.6 Å². The standard InChI is InChI=1S/C42H54BrN3O8/c1-8-10-19-32(48)44-31(24-52-7)36(28-17-12-11-13-18-28)53-41(51)33-34-39(49)46(29(23-47)21-25(3)4)38(42(34)22-30(43)37(33)54-42)40(50)45(20-9-2)35-26(5)15-14-16-27(35)6/h8-9,11-18,25,29-31,33-34,36-38,47H,1-2,10,19-24H2,3-7H3,(H,44,48)/t29-,30?,31+,33+,34-,36+,37+,38+,42-/m1/s1. The number of hydrogen-bond donors (Lipinski definition) is 2. The number of likely N-dealkylation sites (tertiary alicyclic amines) is 1. The number of halogens is 1. The van der Waals surface area contributed by atoms with Crippen LogP contribution in [-0.2, 0) is 33.4 Å². The number of anilines is 1. The number of carbonyl (C=O) groups excluding carboxylic acids is 4. The number of carbonyl (C=O) groups is 4. The van der Waals surface area contributed by atoms with Gasteiger partial charge in [-0.05, 0) is 55.7 Å². The van der Waals surface area contributed by atoms with E-state index >= 15 is 9.59 Å². The van der Waals surface area contributed by atoms with Crippen molar-refractivity contribution < 1.29 is 38.5 Å². The molecule has 2 bridgehead atoms. The topological polar surface area (TPSA) is 135 Å². The average Bonchev–Trinajstić information content (AvgIpc) is 3.74. The lowest BCUT2D eigenvalue weighted by Crippen LogP contribution is -2.59. The lowest BCUT2D eigenvalue weighted by molar-refractivity contribution is -0.163. The molecule has 3 amide bonds. The van der Waals surface area contributed by atoms with E-state index in [1.165, 1.54) is 12.0 Å². The van der Waals surface area contributed by atoms with Crippen LogP contribution in [0.25, 0.3) is 0 Å². The first kappa shape index (κ1) is 41.3. The lowest BCUT2D eigenvalue weighted by atomic mass is 9.70. The molecule has 0 aliphatic carbocycles. The molecule has 1 spiro atoms. The third-order valence-electron chi connectivity index (χ3n) is 10.9. The Bertz CT molecular complexity index is 1680. The van der Waals surface area contributed by atoms with Crippen LogP contribution in [0, 0.1) is 31.6 Å².